The lowest BCUT2D eigenvalue weighted by molar-refractivity contribution is 0.0401. The van der Waals surface area contributed by atoms with Crippen LogP contribution in [0.1, 0.15) is 168 Å². The van der Waals surface area contributed by atoms with Crippen molar-refractivity contribution in [3.8, 4) is 0 Å². The number of unbranched alkanes of at least 4 members (excludes halogenated alkanes) is 18. The Kier molecular flexibility index (Phi) is 30.5. The molecule has 0 spiro atoms. The van der Waals surface area contributed by atoms with Crippen LogP contribution in [0.4, 0.5) is 0 Å². The van der Waals surface area contributed by atoms with Crippen molar-refractivity contribution in [2.45, 2.75) is 180 Å². The fourth-order valence-corrected chi connectivity index (χ4v) is 6.00. The molecule has 1 aliphatic rings. The van der Waals surface area contributed by atoms with Gasteiger partial charge >= 0.3 is 0 Å². The van der Waals surface area contributed by atoms with Gasteiger partial charge in [0.1, 0.15) is 0 Å². The third-order valence-electron chi connectivity index (χ3n) is 8.91. The lowest BCUT2D eigenvalue weighted by Gasteiger charge is -2.08. The zero-order chi connectivity index (χ0) is 32.5. The minimum Gasteiger partial charge on any atom is -0.375 e. The van der Waals surface area contributed by atoms with Crippen LogP contribution in [0.2, 0.25) is 0 Å². The first-order valence-electron chi connectivity index (χ1n) is 19.7. The van der Waals surface area contributed by atoms with Crippen LogP contribution in [0.5, 0.6) is 0 Å². The second-order valence-corrected chi connectivity index (χ2v) is 13.8. The fourth-order valence-electron chi connectivity index (χ4n) is 6.00. The summed E-state index contributed by atoms with van der Waals surface area (Å²) in [6.45, 7) is 7.40. The van der Waals surface area contributed by atoms with Gasteiger partial charge < -0.3 is 14.4 Å². The van der Waals surface area contributed by atoms with Crippen LogP contribution < -0.4 is 0 Å². The summed E-state index contributed by atoms with van der Waals surface area (Å²) in [5.41, 5.74) is 0. The van der Waals surface area contributed by atoms with Crippen molar-refractivity contribution >= 4 is 0 Å². The molecular formula is C42H77NO2. The molecule has 0 aliphatic heterocycles. The van der Waals surface area contributed by atoms with Crippen LogP contribution in [0.25, 0.3) is 0 Å². The molecule has 3 nitrogen and oxygen atoms in total. The highest BCUT2D eigenvalue weighted by molar-refractivity contribution is 5.02. The van der Waals surface area contributed by atoms with Crippen molar-refractivity contribution in [3.63, 3.8) is 0 Å². The highest BCUT2D eigenvalue weighted by atomic mass is 16.6. The van der Waals surface area contributed by atoms with Crippen LogP contribution in [0.15, 0.2) is 48.6 Å². The predicted octanol–water partition coefficient (Wildman–Crippen LogP) is 12.6. The molecule has 1 fully saturated rings. The highest BCUT2D eigenvalue weighted by Crippen LogP contribution is 2.38. The maximum atomic E-state index is 6.31. The van der Waals surface area contributed by atoms with E-state index < -0.39 is 0 Å². The average Bonchev–Trinajstić information content (AvgIpc) is 3.68. The van der Waals surface area contributed by atoms with E-state index in [0.717, 1.165) is 32.6 Å². The summed E-state index contributed by atoms with van der Waals surface area (Å²) >= 11 is 0. The normalized spacial score (nSPS) is 18.6. The lowest BCUT2D eigenvalue weighted by Crippen LogP contribution is -2.17. The standard InChI is InChI=1S/C42H77NO2/c1-5-7-9-11-13-15-17-19-21-23-25-27-29-31-33-35-37-44-41-40(39-43(3)4)42(41)45-38-36-34-32-30-28-26-24-22-20-18-16-14-12-10-8-6-2/h13-16,19-22,40-42H,5-12,17-18,23-39H2,1-4H3/b15-13-,16-14-,21-19-,22-20-/t40-,41-,42?/m1/s1. The number of allylic oxidation sites excluding steroid dienone is 8. The van der Waals surface area contributed by atoms with Crippen LogP contribution in [0.3, 0.4) is 0 Å². The minimum atomic E-state index is 0.315. The molecule has 1 aliphatic carbocycles. The van der Waals surface area contributed by atoms with E-state index >= 15 is 0 Å². The highest BCUT2D eigenvalue weighted by Gasteiger charge is 2.52. The van der Waals surface area contributed by atoms with Crippen LogP contribution in [0, 0.1) is 5.92 Å². The van der Waals surface area contributed by atoms with Gasteiger partial charge in [-0.15, -0.1) is 0 Å². The number of rotatable bonds is 34. The number of hydrogen-bond donors (Lipinski definition) is 0. The number of nitrogens with zero attached hydrogens (tertiary/aromatic N) is 1. The first-order valence-corrected chi connectivity index (χ1v) is 19.7. The SMILES string of the molecule is CCCCC/C=C\C/C=C\CCCCCCCCOC1[C@H](CN(C)C)[C@H]1OCCCCCCCC/C=C\C/C=C\CCCCC. The van der Waals surface area contributed by atoms with Crippen molar-refractivity contribution in [1.29, 1.82) is 0 Å². The molecule has 0 radical (unpaired) electrons. The van der Waals surface area contributed by atoms with Crippen molar-refractivity contribution in [2.75, 3.05) is 33.9 Å². The molecule has 0 amide bonds. The van der Waals surface area contributed by atoms with Gasteiger partial charge in [-0.3, -0.25) is 0 Å². The summed E-state index contributed by atoms with van der Waals surface area (Å²) < 4.78 is 12.6. The molecule has 0 bridgehead atoms. The summed E-state index contributed by atoms with van der Waals surface area (Å²) in [5, 5.41) is 0. The van der Waals surface area contributed by atoms with E-state index in [1.807, 2.05) is 0 Å². The quantitative estimate of drug-likeness (QED) is 0.0523. The molecule has 3 heteroatoms. The first kappa shape index (κ1) is 41.9. The molecule has 0 heterocycles. The topological polar surface area (TPSA) is 21.7 Å². The van der Waals surface area contributed by atoms with Gasteiger partial charge in [0.05, 0.1) is 12.2 Å². The summed E-state index contributed by atoms with van der Waals surface area (Å²) in [7, 11) is 4.33. The van der Waals surface area contributed by atoms with Gasteiger partial charge in [-0.2, -0.15) is 0 Å². The van der Waals surface area contributed by atoms with E-state index in [-0.39, 0.29) is 0 Å². The van der Waals surface area contributed by atoms with Gasteiger partial charge in [-0.25, -0.2) is 0 Å². The molecule has 3 atom stereocenters. The van der Waals surface area contributed by atoms with E-state index in [0.29, 0.717) is 18.1 Å². The third-order valence-corrected chi connectivity index (χ3v) is 8.91. The summed E-state index contributed by atoms with van der Waals surface area (Å²) in [4.78, 5) is 2.28. The van der Waals surface area contributed by atoms with Crippen molar-refractivity contribution in [3.05, 3.63) is 48.6 Å². The number of hydrogen-bond acceptors (Lipinski definition) is 3. The van der Waals surface area contributed by atoms with Gasteiger partial charge in [0, 0.05) is 25.7 Å². The lowest BCUT2D eigenvalue weighted by atomic mass is 10.1. The molecule has 0 aromatic carbocycles. The predicted molar refractivity (Wildman–Crippen MR) is 200 cm³/mol. The smallest absolute Gasteiger partial charge is 0.0907 e. The van der Waals surface area contributed by atoms with Gasteiger partial charge in [0.2, 0.25) is 0 Å². The first-order chi connectivity index (χ1) is 22.2. The average molecular weight is 628 g/mol. The van der Waals surface area contributed by atoms with Crippen molar-refractivity contribution < 1.29 is 9.47 Å². The molecule has 1 rings (SSSR count). The molecule has 45 heavy (non-hydrogen) atoms. The van der Waals surface area contributed by atoms with E-state index in [9.17, 15) is 0 Å². The molecular weight excluding hydrogens is 550 g/mol. The second kappa shape index (κ2) is 32.8. The molecule has 0 saturated heterocycles. The van der Waals surface area contributed by atoms with Gasteiger partial charge in [-0.05, 0) is 91.1 Å². The summed E-state index contributed by atoms with van der Waals surface area (Å²) in [5.74, 6) is 0.550. The third kappa shape index (κ3) is 27.6. The van der Waals surface area contributed by atoms with Crippen LogP contribution in [-0.2, 0) is 9.47 Å². The molecule has 1 unspecified atom stereocenters. The molecule has 0 aromatic heterocycles. The largest absolute Gasteiger partial charge is 0.375 e. The van der Waals surface area contributed by atoms with Crippen molar-refractivity contribution in [1.82, 2.24) is 4.90 Å². The monoisotopic (exact) mass is 628 g/mol. The van der Waals surface area contributed by atoms with Crippen molar-refractivity contribution in [2.24, 2.45) is 5.92 Å². The van der Waals surface area contributed by atoms with E-state index in [4.69, 9.17) is 9.47 Å². The van der Waals surface area contributed by atoms with E-state index in [1.165, 1.54) is 141 Å². The van der Waals surface area contributed by atoms with Gasteiger partial charge in [0.25, 0.3) is 0 Å². The van der Waals surface area contributed by atoms with E-state index in [1.54, 1.807) is 0 Å². The maximum absolute atomic E-state index is 6.31. The molecule has 1 saturated carbocycles. The molecule has 262 valence electrons. The van der Waals surface area contributed by atoms with Gasteiger partial charge in [-0.1, -0.05) is 140 Å². The fraction of sp³-hybridized carbons (Fsp3) is 0.810. The molecule has 0 aromatic rings. The Morgan fingerprint density at radius 2 is 0.756 bits per heavy atom. The summed E-state index contributed by atoms with van der Waals surface area (Å²) in [6, 6.07) is 0. The Bertz CT molecular complexity index is 668. The summed E-state index contributed by atoms with van der Waals surface area (Å²) in [6.07, 6.45) is 50.3. The Labute approximate surface area is 282 Å². The Morgan fingerprint density at radius 3 is 1.11 bits per heavy atom. The number of ether oxygens (including phenoxy) is 2. The Balaban J connectivity index is 1.94. The zero-order valence-corrected chi connectivity index (χ0v) is 30.7. The Morgan fingerprint density at radius 1 is 0.422 bits per heavy atom. The van der Waals surface area contributed by atoms with Crippen LogP contribution >= 0.6 is 0 Å². The second-order valence-electron chi connectivity index (χ2n) is 13.8. The maximum Gasteiger partial charge on any atom is 0.0907 e. The Hall–Kier alpha value is -1.16. The molecule has 0 N–H and O–H groups in total. The zero-order valence-electron chi connectivity index (χ0n) is 30.7. The van der Waals surface area contributed by atoms with Crippen LogP contribution in [-0.4, -0.2) is 51.0 Å². The minimum absolute atomic E-state index is 0.315. The van der Waals surface area contributed by atoms with E-state index in [2.05, 4.69) is 81.5 Å². The van der Waals surface area contributed by atoms with Gasteiger partial charge in [0.15, 0.2) is 0 Å².